The van der Waals surface area contributed by atoms with E-state index < -0.39 is 0 Å². The molecular weight excluding hydrogens is 262 g/mol. The molecule has 1 aliphatic rings. The monoisotopic (exact) mass is 287 g/mol. The first kappa shape index (κ1) is 15.7. The quantitative estimate of drug-likeness (QED) is 0.818. The Labute approximate surface area is 127 Å². The molecule has 1 aromatic heterocycles. The lowest BCUT2D eigenvalue weighted by Gasteiger charge is -2.32. The molecule has 0 radical (unpaired) electrons. The number of hydrogen-bond acceptors (Lipinski definition) is 3. The predicted octanol–water partition coefficient (Wildman–Crippen LogP) is 2.48. The Bertz CT molecular complexity index is 450. The first-order valence-electron chi connectivity index (χ1n) is 7.90. The molecule has 0 aromatic carbocycles. The Morgan fingerprint density at radius 3 is 2.90 bits per heavy atom. The second-order valence-corrected chi connectivity index (χ2v) is 5.57. The van der Waals surface area contributed by atoms with Gasteiger partial charge in [0.1, 0.15) is 0 Å². The molecule has 1 N–H and O–H groups in total. The van der Waals surface area contributed by atoms with Gasteiger partial charge < -0.3 is 10.2 Å². The van der Waals surface area contributed by atoms with E-state index in [9.17, 15) is 4.79 Å². The maximum Gasteiger partial charge on any atom is 0.244 e. The van der Waals surface area contributed by atoms with Crippen LogP contribution in [-0.2, 0) is 4.79 Å². The molecule has 1 saturated heterocycles. The van der Waals surface area contributed by atoms with E-state index in [2.05, 4.69) is 22.1 Å². The number of rotatable bonds is 6. The fourth-order valence-corrected chi connectivity index (χ4v) is 2.57. The average molecular weight is 287 g/mol. The summed E-state index contributed by atoms with van der Waals surface area (Å²) in [6, 6.07) is 5.97. The summed E-state index contributed by atoms with van der Waals surface area (Å²) in [5, 5.41) is 3.09. The van der Waals surface area contributed by atoms with Crippen molar-refractivity contribution >= 4 is 12.0 Å². The van der Waals surface area contributed by atoms with Crippen LogP contribution in [0.4, 0.5) is 0 Å². The zero-order chi connectivity index (χ0) is 14.9. The minimum Gasteiger partial charge on any atom is -0.350 e. The number of piperidine rings is 1. The summed E-state index contributed by atoms with van der Waals surface area (Å²) in [6.07, 6.45) is 9.67. The van der Waals surface area contributed by atoms with Crippen LogP contribution in [0.3, 0.4) is 0 Å². The molecule has 2 heterocycles. The molecule has 4 nitrogen and oxygen atoms in total. The summed E-state index contributed by atoms with van der Waals surface area (Å²) in [4.78, 5) is 18.6. The van der Waals surface area contributed by atoms with Gasteiger partial charge in [-0.25, -0.2) is 0 Å². The van der Waals surface area contributed by atoms with E-state index in [0.29, 0.717) is 6.04 Å². The van der Waals surface area contributed by atoms with Crippen LogP contribution >= 0.6 is 0 Å². The standard InChI is InChI=1S/C17H25N3O/c1-2-3-12-20-13-9-16(10-14-20)19-17(21)8-7-15-6-4-5-11-18-15/h4-8,11,16H,2-3,9-10,12-14H2,1H3,(H,19,21)/b8-7+. The lowest BCUT2D eigenvalue weighted by molar-refractivity contribution is -0.117. The summed E-state index contributed by atoms with van der Waals surface area (Å²) < 4.78 is 0. The van der Waals surface area contributed by atoms with Crippen LogP contribution in [-0.4, -0.2) is 41.5 Å². The second-order valence-electron chi connectivity index (χ2n) is 5.57. The van der Waals surface area contributed by atoms with Gasteiger partial charge in [0, 0.05) is 31.4 Å². The number of unbranched alkanes of at least 4 members (excludes halogenated alkanes) is 1. The Kier molecular flexibility index (Phi) is 6.41. The highest BCUT2D eigenvalue weighted by molar-refractivity contribution is 5.91. The fraction of sp³-hybridized carbons (Fsp3) is 0.529. The zero-order valence-corrected chi connectivity index (χ0v) is 12.8. The number of carbonyl (C=O) groups excluding carboxylic acids is 1. The second kappa shape index (κ2) is 8.57. The summed E-state index contributed by atoms with van der Waals surface area (Å²) in [6.45, 7) is 5.60. The smallest absolute Gasteiger partial charge is 0.244 e. The van der Waals surface area contributed by atoms with Crippen LogP contribution in [0.2, 0.25) is 0 Å². The van der Waals surface area contributed by atoms with Crippen LogP contribution in [0, 0.1) is 0 Å². The van der Waals surface area contributed by atoms with Gasteiger partial charge in [0.15, 0.2) is 0 Å². The van der Waals surface area contributed by atoms with Crippen molar-refractivity contribution in [1.82, 2.24) is 15.2 Å². The Morgan fingerprint density at radius 1 is 1.43 bits per heavy atom. The molecule has 21 heavy (non-hydrogen) atoms. The lowest BCUT2D eigenvalue weighted by atomic mass is 10.0. The van der Waals surface area contributed by atoms with Crippen LogP contribution in [0.15, 0.2) is 30.5 Å². The lowest BCUT2D eigenvalue weighted by Crippen LogP contribution is -2.44. The van der Waals surface area contributed by atoms with Gasteiger partial charge in [0.25, 0.3) is 0 Å². The van der Waals surface area contributed by atoms with Crippen molar-refractivity contribution in [3.8, 4) is 0 Å². The predicted molar refractivity (Wildman–Crippen MR) is 85.8 cm³/mol. The Morgan fingerprint density at radius 2 is 2.24 bits per heavy atom. The number of nitrogens with one attached hydrogen (secondary N) is 1. The van der Waals surface area contributed by atoms with E-state index in [0.717, 1.165) is 31.6 Å². The number of aromatic nitrogens is 1. The van der Waals surface area contributed by atoms with E-state index in [1.54, 1.807) is 18.3 Å². The highest BCUT2D eigenvalue weighted by Crippen LogP contribution is 2.11. The first-order chi connectivity index (χ1) is 10.3. The summed E-state index contributed by atoms with van der Waals surface area (Å²) >= 11 is 0. The van der Waals surface area contributed by atoms with Crippen molar-refractivity contribution in [2.75, 3.05) is 19.6 Å². The summed E-state index contributed by atoms with van der Waals surface area (Å²) in [5.74, 6) is -0.0207. The van der Waals surface area contributed by atoms with Gasteiger partial charge in [-0.3, -0.25) is 9.78 Å². The summed E-state index contributed by atoms with van der Waals surface area (Å²) in [5.41, 5.74) is 0.807. The van der Waals surface area contributed by atoms with E-state index in [1.807, 2.05) is 18.2 Å². The minimum absolute atomic E-state index is 0.0207. The van der Waals surface area contributed by atoms with Crippen molar-refractivity contribution in [3.05, 3.63) is 36.2 Å². The molecule has 1 amide bonds. The highest BCUT2D eigenvalue weighted by Gasteiger charge is 2.19. The van der Waals surface area contributed by atoms with Crippen LogP contribution in [0.5, 0.6) is 0 Å². The van der Waals surface area contributed by atoms with Crippen molar-refractivity contribution in [1.29, 1.82) is 0 Å². The van der Waals surface area contributed by atoms with E-state index >= 15 is 0 Å². The molecule has 2 rings (SSSR count). The average Bonchev–Trinajstić information content (AvgIpc) is 2.53. The third-order valence-corrected chi connectivity index (χ3v) is 3.86. The number of amides is 1. The molecule has 0 spiro atoms. The number of likely N-dealkylation sites (tertiary alicyclic amines) is 1. The topological polar surface area (TPSA) is 45.2 Å². The molecule has 0 unspecified atom stereocenters. The Balaban J connectivity index is 1.71. The first-order valence-corrected chi connectivity index (χ1v) is 7.90. The number of hydrogen-bond donors (Lipinski definition) is 1. The van der Waals surface area contributed by atoms with Crippen LogP contribution in [0.1, 0.15) is 38.3 Å². The molecular formula is C17H25N3O. The molecule has 0 saturated carbocycles. The zero-order valence-electron chi connectivity index (χ0n) is 12.8. The largest absolute Gasteiger partial charge is 0.350 e. The van der Waals surface area contributed by atoms with Crippen molar-refractivity contribution < 1.29 is 4.79 Å². The van der Waals surface area contributed by atoms with Gasteiger partial charge in [-0.15, -0.1) is 0 Å². The SMILES string of the molecule is CCCCN1CCC(NC(=O)/C=C/c2ccccn2)CC1. The molecule has 0 atom stereocenters. The number of nitrogens with zero attached hydrogens (tertiary/aromatic N) is 2. The maximum absolute atomic E-state index is 11.9. The Hall–Kier alpha value is -1.68. The molecule has 4 heteroatoms. The van der Waals surface area contributed by atoms with Crippen LogP contribution in [0.25, 0.3) is 6.08 Å². The molecule has 0 bridgehead atoms. The van der Waals surface area contributed by atoms with Crippen LogP contribution < -0.4 is 5.32 Å². The highest BCUT2D eigenvalue weighted by atomic mass is 16.1. The normalized spacial score (nSPS) is 17.2. The van der Waals surface area contributed by atoms with Gasteiger partial charge in [-0.2, -0.15) is 0 Å². The molecule has 1 fully saturated rings. The maximum atomic E-state index is 11.9. The third-order valence-electron chi connectivity index (χ3n) is 3.86. The fourth-order valence-electron chi connectivity index (χ4n) is 2.57. The minimum atomic E-state index is -0.0207. The van der Waals surface area contributed by atoms with Gasteiger partial charge >= 0.3 is 0 Å². The third kappa shape index (κ3) is 5.68. The van der Waals surface area contributed by atoms with Crippen molar-refractivity contribution in [3.63, 3.8) is 0 Å². The van der Waals surface area contributed by atoms with Gasteiger partial charge in [0.2, 0.25) is 5.91 Å². The van der Waals surface area contributed by atoms with E-state index in [4.69, 9.17) is 0 Å². The number of pyridine rings is 1. The van der Waals surface area contributed by atoms with Crippen molar-refractivity contribution in [2.45, 2.75) is 38.6 Å². The summed E-state index contributed by atoms with van der Waals surface area (Å²) in [7, 11) is 0. The molecule has 1 aromatic rings. The van der Waals surface area contributed by atoms with Gasteiger partial charge in [-0.1, -0.05) is 19.4 Å². The van der Waals surface area contributed by atoms with Crippen molar-refractivity contribution in [2.24, 2.45) is 0 Å². The molecule has 1 aliphatic heterocycles. The molecule has 114 valence electrons. The van der Waals surface area contributed by atoms with Gasteiger partial charge in [0.05, 0.1) is 5.69 Å². The van der Waals surface area contributed by atoms with Gasteiger partial charge in [-0.05, 0) is 44.0 Å². The van der Waals surface area contributed by atoms with E-state index in [-0.39, 0.29) is 5.91 Å². The number of carbonyl (C=O) groups is 1. The van der Waals surface area contributed by atoms with E-state index in [1.165, 1.54) is 19.4 Å². The molecule has 0 aliphatic carbocycles.